The summed E-state index contributed by atoms with van der Waals surface area (Å²) in [4.78, 5) is 21.3. The second-order valence-electron chi connectivity index (χ2n) is 2.46. The van der Waals surface area contributed by atoms with E-state index < -0.39 is 5.97 Å². The van der Waals surface area contributed by atoms with E-state index in [2.05, 4.69) is 15.9 Å². The molecule has 0 spiro atoms. The van der Waals surface area contributed by atoms with Crippen LogP contribution in [0.3, 0.4) is 0 Å². The highest BCUT2D eigenvalue weighted by molar-refractivity contribution is 9.10. The Hall–Kier alpha value is -1.67. The number of carbonyl (C=O) groups excluding carboxylic acids is 1. The minimum atomic E-state index is -1.21. The zero-order chi connectivity index (χ0) is 10.7. The summed E-state index contributed by atoms with van der Waals surface area (Å²) < 4.78 is 0.228. The number of aldehydes is 1. The summed E-state index contributed by atoms with van der Waals surface area (Å²) in [7, 11) is 0. The van der Waals surface area contributed by atoms with Crippen LogP contribution in [-0.4, -0.2) is 17.4 Å². The topological polar surface area (TPSA) is 78.2 Å². The standard InChI is InChI=1S/C9H4BrNO3/c10-7-2-5(3-11)1-6(4-12)8(7)9(13)14/h1-2,4H,(H,13,14). The molecule has 0 unspecified atom stereocenters. The molecule has 0 aliphatic carbocycles. The number of carboxylic acids is 1. The van der Waals surface area contributed by atoms with Gasteiger partial charge in [0, 0.05) is 10.0 Å². The van der Waals surface area contributed by atoms with Gasteiger partial charge in [0.1, 0.15) is 0 Å². The van der Waals surface area contributed by atoms with E-state index in [0.29, 0.717) is 6.29 Å². The van der Waals surface area contributed by atoms with Crippen molar-refractivity contribution in [3.8, 4) is 6.07 Å². The van der Waals surface area contributed by atoms with Crippen molar-refractivity contribution in [3.05, 3.63) is 33.3 Å². The van der Waals surface area contributed by atoms with Crippen molar-refractivity contribution < 1.29 is 14.7 Å². The number of nitriles is 1. The predicted octanol–water partition coefficient (Wildman–Crippen LogP) is 1.83. The van der Waals surface area contributed by atoms with Crippen LogP contribution in [0.1, 0.15) is 26.3 Å². The van der Waals surface area contributed by atoms with Crippen molar-refractivity contribution in [2.24, 2.45) is 0 Å². The third-order valence-electron chi connectivity index (χ3n) is 1.59. The fourth-order valence-electron chi connectivity index (χ4n) is 1.01. The minimum absolute atomic E-state index is 0.0107. The third kappa shape index (κ3) is 1.80. The maximum absolute atomic E-state index is 10.7. The first-order chi connectivity index (χ1) is 6.60. The van der Waals surface area contributed by atoms with Crippen molar-refractivity contribution in [2.75, 3.05) is 0 Å². The predicted molar refractivity (Wildman–Crippen MR) is 51.2 cm³/mol. The second-order valence-corrected chi connectivity index (χ2v) is 3.31. The molecule has 0 amide bonds. The number of carbonyl (C=O) groups is 2. The highest BCUT2D eigenvalue weighted by Gasteiger charge is 2.15. The number of halogens is 1. The van der Waals surface area contributed by atoms with E-state index in [1.165, 1.54) is 12.1 Å². The summed E-state index contributed by atoms with van der Waals surface area (Å²) in [6.07, 6.45) is 0.412. The van der Waals surface area contributed by atoms with Gasteiger partial charge in [-0.05, 0) is 28.1 Å². The molecule has 1 aromatic carbocycles. The Labute approximate surface area is 87.9 Å². The average Bonchev–Trinajstić information content (AvgIpc) is 2.15. The molecule has 1 aromatic rings. The molecule has 0 saturated heterocycles. The normalized spacial score (nSPS) is 9.14. The summed E-state index contributed by atoms with van der Waals surface area (Å²) in [5.74, 6) is -1.21. The molecule has 0 aliphatic rings. The van der Waals surface area contributed by atoms with E-state index in [1.807, 2.05) is 6.07 Å². The van der Waals surface area contributed by atoms with E-state index in [-0.39, 0.29) is 21.2 Å². The van der Waals surface area contributed by atoms with Crippen molar-refractivity contribution in [1.82, 2.24) is 0 Å². The summed E-state index contributed by atoms with van der Waals surface area (Å²) in [6.45, 7) is 0. The van der Waals surface area contributed by atoms with Gasteiger partial charge in [-0.25, -0.2) is 4.79 Å². The number of hydrogen-bond donors (Lipinski definition) is 1. The summed E-state index contributed by atoms with van der Waals surface area (Å²) >= 11 is 2.99. The molecule has 0 saturated carbocycles. The van der Waals surface area contributed by atoms with E-state index >= 15 is 0 Å². The lowest BCUT2D eigenvalue weighted by molar-refractivity contribution is 0.0693. The van der Waals surface area contributed by atoms with Gasteiger partial charge in [0.15, 0.2) is 6.29 Å². The average molecular weight is 254 g/mol. The molecule has 0 bridgehead atoms. The number of hydrogen-bond acceptors (Lipinski definition) is 3. The van der Waals surface area contributed by atoms with E-state index in [9.17, 15) is 9.59 Å². The second kappa shape index (κ2) is 4.03. The van der Waals surface area contributed by atoms with Crippen molar-refractivity contribution in [2.45, 2.75) is 0 Å². The zero-order valence-corrected chi connectivity index (χ0v) is 8.41. The van der Waals surface area contributed by atoms with Crippen LogP contribution in [0.5, 0.6) is 0 Å². The lowest BCUT2D eigenvalue weighted by Gasteiger charge is -2.02. The number of benzene rings is 1. The molecule has 70 valence electrons. The Balaban J connectivity index is 3.52. The molecule has 0 aromatic heterocycles. The first-order valence-corrected chi connectivity index (χ1v) is 4.31. The molecule has 14 heavy (non-hydrogen) atoms. The lowest BCUT2D eigenvalue weighted by atomic mass is 10.1. The minimum Gasteiger partial charge on any atom is -0.478 e. The Kier molecular flexibility index (Phi) is 2.99. The zero-order valence-electron chi connectivity index (χ0n) is 6.82. The van der Waals surface area contributed by atoms with Gasteiger partial charge in [0.2, 0.25) is 0 Å². The van der Waals surface area contributed by atoms with E-state index in [4.69, 9.17) is 10.4 Å². The largest absolute Gasteiger partial charge is 0.478 e. The number of carboxylic acid groups (broad SMARTS) is 1. The van der Waals surface area contributed by atoms with Gasteiger partial charge in [0.25, 0.3) is 0 Å². The summed E-state index contributed by atoms with van der Waals surface area (Å²) in [6, 6.07) is 4.42. The summed E-state index contributed by atoms with van der Waals surface area (Å²) in [5.41, 5.74) is 0.103. The van der Waals surface area contributed by atoms with Gasteiger partial charge in [-0.2, -0.15) is 5.26 Å². The molecule has 0 radical (unpaired) electrons. The fraction of sp³-hybridized carbons (Fsp3) is 0. The molecule has 5 heteroatoms. The third-order valence-corrected chi connectivity index (χ3v) is 2.22. The van der Waals surface area contributed by atoms with E-state index in [0.717, 1.165) is 0 Å². The maximum Gasteiger partial charge on any atom is 0.337 e. The molecular formula is C9H4BrNO3. The maximum atomic E-state index is 10.7. The van der Waals surface area contributed by atoms with Crippen LogP contribution in [0.4, 0.5) is 0 Å². The Bertz CT molecular complexity index is 448. The van der Waals surface area contributed by atoms with Gasteiger partial charge >= 0.3 is 5.97 Å². The first-order valence-electron chi connectivity index (χ1n) is 3.52. The van der Waals surface area contributed by atoms with Crippen molar-refractivity contribution >= 4 is 28.2 Å². The van der Waals surface area contributed by atoms with Crippen LogP contribution in [0.2, 0.25) is 0 Å². The SMILES string of the molecule is N#Cc1cc(Br)c(C(=O)O)c(C=O)c1. The van der Waals surface area contributed by atoms with E-state index in [1.54, 1.807) is 0 Å². The van der Waals surface area contributed by atoms with Crippen LogP contribution in [0, 0.1) is 11.3 Å². The van der Waals surface area contributed by atoms with Gasteiger partial charge in [0.05, 0.1) is 17.2 Å². The molecule has 4 nitrogen and oxygen atoms in total. The summed E-state index contributed by atoms with van der Waals surface area (Å²) in [5, 5.41) is 17.3. The Morgan fingerprint density at radius 1 is 1.57 bits per heavy atom. The highest BCUT2D eigenvalue weighted by atomic mass is 79.9. The van der Waals surface area contributed by atoms with Crippen LogP contribution < -0.4 is 0 Å². The lowest BCUT2D eigenvalue weighted by Crippen LogP contribution is -2.03. The van der Waals surface area contributed by atoms with Crippen molar-refractivity contribution in [1.29, 1.82) is 5.26 Å². The van der Waals surface area contributed by atoms with Gasteiger partial charge in [-0.3, -0.25) is 4.79 Å². The molecule has 0 atom stereocenters. The molecule has 0 aliphatic heterocycles. The van der Waals surface area contributed by atoms with Gasteiger partial charge in [-0.15, -0.1) is 0 Å². The highest BCUT2D eigenvalue weighted by Crippen LogP contribution is 2.21. The molecular weight excluding hydrogens is 250 g/mol. The van der Waals surface area contributed by atoms with Crippen LogP contribution in [-0.2, 0) is 0 Å². The molecule has 1 N–H and O–H groups in total. The van der Waals surface area contributed by atoms with Crippen LogP contribution in [0.15, 0.2) is 16.6 Å². The van der Waals surface area contributed by atoms with Crippen molar-refractivity contribution in [3.63, 3.8) is 0 Å². The molecule has 0 heterocycles. The molecule has 1 rings (SSSR count). The van der Waals surface area contributed by atoms with Gasteiger partial charge in [-0.1, -0.05) is 0 Å². The van der Waals surface area contributed by atoms with Gasteiger partial charge < -0.3 is 5.11 Å². The quantitative estimate of drug-likeness (QED) is 0.816. The molecule has 0 fully saturated rings. The Morgan fingerprint density at radius 2 is 2.21 bits per heavy atom. The fourth-order valence-corrected chi connectivity index (χ4v) is 1.66. The van der Waals surface area contributed by atoms with Crippen LogP contribution >= 0.6 is 15.9 Å². The van der Waals surface area contributed by atoms with Crippen LogP contribution in [0.25, 0.3) is 0 Å². The smallest absolute Gasteiger partial charge is 0.337 e. The number of rotatable bonds is 2. The first kappa shape index (κ1) is 10.4. The number of aromatic carboxylic acids is 1. The number of nitrogens with zero attached hydrogens (tertiary/aromatic N) is 1. The monoisotopic (exact) mass is 253 g/mol. The Morgan fingerprint density at radius 3 is 2.64 bits per heavy atom.